The molecule has 3 aliphatic heterocycles. The predicted octanol–water partition coefficient (Wildman–Crippen LogP) is 4.20. The van der Waals surface area contributed by atoms with Crippen molar-refractivity contribution in [2.75, 3.05) is 26.3 Å². The number of nitrogens with zero attached hydrogens (tertiary/aromatic N) is 2. The first-order valence-electron chi connectivity index (χ1n) is 14.8. The highest BCUT2D eigenvalue weighted by Gasteiger charge is 2.75. The number of allylic oxidation sites excluding steroid dienone is 1. The average Bonchev–Trinajstić information content (AvgIpc) is 3.61. The van der Waals surface area contributed by atoms with Crippen molar-refractivity contribution in [1.29, 1.82) is 0 Å². The van der Waals surface area contributed by atoms with Gasteiger partial charge >= 0.3 is 5.97 Å². The predicted molar refractivity (Wildman–Crippen MR) is 152 cm³/mol. The van der Waals surface area contributed by atoms with E-state index in [0.29, 0.717) is 32.4 Å². The maximum absolute atomic E-state index is 14.4. The van der Waals surface area contributed by atoms with E-state index in [9.17, 15) is 19.5 Å². The van der Waals surface area contributed by atoms with Gasteiger partial charge < -0.3 is 24.4 Å². The molecule has 1 spiro atoms. The molecule has 1 aromatic rings. The minimum absolute atomic E-state index is 0.222. The first kappa shape index (κ1) is 30.0. The van der Waals surface area contributed by atoms with Crippen LogP contribution in [-0.4, -0.2) is 76.7 Å². The fraction of sp³-hybridized carbons (Fsp3) is 0.594. The monoisotopic (exact) mass is 552 g/mol. The molecule has 3 fully saturated rings. The van der Waals surface area contributed by atoms with Gasteiger partial charge in [0.2, 0.25) is 11.8 Å². The summed E-state index contributed by atoms with van der Waals surface area (Å²) in [6.07, 6.45) is 9.37. The number of hydrogen-bond acceptors (Lipinski definition) is 6. The lowest BCUT2D eigenvalue weighted by atomic mass is 9.70. The first-order chi connectivity index (χ1) is 19.4. The Bertz CT molecular complexity index is 1060. The molecule has 2 amide bonds. The quantitative estimate of drug-likeness (QED) is 0.188. The summed E-state index contributed by atoms with van der Waals surface area (Å²) in [5.74, 6) is -2.60. The summed E-state index contributed by atoms with van der Waals surface area (Å²) < 4.78 is 12.2. The first-order valence-corrected chi connectivity index (χ1v) is 14.8. The van der Waals surface area contributed by atoms with Crippen LogP contribution in [-0.2, 0) is 23.9 Å². The number of unbranched alkanes of at least 4 members (excludes halogenated alkanes) is 4. The van der Waals surface area contributed by atoms with Gasteiger partial charge in [-0.1, -0.05) is 62.2 Å². The van der Waals surface area contributed by atoms with E-state index >= 15 is 0 Å². The molecule has 2 unspecified atom stereocenters. The van der Waals surface area contributed by atoms with Crippen LogP contribution in [0.3, 0.4) is 0 Å². The Morgan fingerprint density at radius 3 is 2.65 bits per heavy atom. The van der Waals surface area contributed by atoms with Gasteiger partial charge in [0, 0.05) is 13.1 Å². The Labute approximate surface area is 238 Å². The maximum atomic E-state index is 14.4. The number of ether oxygens (including phenoxy) is 2. The van der Waals surface area contributed by atoms with Gasteiger partial charge in [0.05, 0.1) is 37.2 Å². The van der Waals surface area contributed by atoms with E-state index in [4.69, 9.17) is 9.47 Å². The summed E-state index contributed by atoms with van der Waals surface area (Å²) in [6.45, 7) is 10.5. The van der Waals surface area contributed by atoms with Crippen LogP contribution >= 0.6 is 0 Å². The Balaban J connectivity index is 1.70. The Morgan fingerprint density at radius 1 is 1.20 bits per heavy atom. The zero-order chi connectivity index (χ0) is 28.7. The van der Waals surface area contributed by atoms with Crippen molar-refractivity contribution in [3.63, 3.8) is 0 Å². The lowest BCUT2D eigenvalue weighted by molar-refractivity contribution is -0.156. The zero-order valence-corrected chi connectivity index (χ0v) is 23.7. The van der Waals surface area contributed by atoms with Gasteiger partial charge in [0.1, 0.15) is 11.6 Å². The molecule has 0 aromatic heterocycles. The van der Waals surface area contributed by atoms with Gasteiger partial charge in [-0.3, -0.25) is 14.4 Å². The number of fused-ring (bicyclic) bond motifs is 1. The summed E-state index contributed by atoms with van der Waals surface area (Å²) in [4.78, 5) is 45.4. The molecule has 4 rings (SSSR count). The number of likely N-dealkylation sites (tertiary alicyclic amines) is 1. The fourth-order valence-corrected chi connectivity index (χ4v) is 6.84. The molecule has 0 saturated carbocycles. The van der Waals surface area contributed by atoms with Crippen LogP contribution in [0.2, 0.25) is 0 Å². The number of benzene rings is 1. The van der Waals surface area contributed by atoms with Crippen LogP contribution in [0.1, 0.15) is 69.9 Å². The molecule has 3 heterocycles. The van der Waals surface area contributed by atoms with Crippen LogP contribution in [0.4, 0.5) is 0 Å². The third-order valence-electron chi connectivity index (χ3n) is 8.68. The topological polar surface area (TPSA) is 96.4 Å². The van der Waals surface area contributed by atoms with Crippen molar-refractivity contribution >= 4 is 17.8 Å². The van der Waals surface area contributed by atoms with Gasteiger partial charge in [-0.15, -0.1) is 13.2 Å². The van der Waals surface area contributed by atoms with Crippen LogP contribution in [0.5, 0.6) is 0 Å². The molecule has 3 saturated heterocycles. The molecule has 2 bridgehead atoms. The summed E-state index contributed by atoms with van der Waals surface area (Å²) in [6, 6.07) is 7.54. The Morgan fingerprint density at radius 2 is 1.98 bits per heavy atom. The minimum Gasteiger partial charge on any atom is -0.465 e. The normalized spacial score (nSPS) is 27.4. The maximum Gasteiger partial charge on any atom is 0.312 e. The van der Waals surface area contributed by atoms with Crippen LogP contribution in [0.25, 0.3) is 0 Å². The summed E-state index contributed by atoms with van der Waals surface area (Å²) in [7, 11) is 0. The van der Waals surface area contributed by atoms with Crippen LogP contribution < -0.4 is 0 Å². The van der Waals surface area contributed by atoms with Crippen molar-refractivity contribution in [3.8, 4) is 0 Å². The molecular weight excluding hydrogens is 508 g/mol. The number of esters is 1. The van der Waals surface area contributed by atoms with Gasteiger partial charge in [0.25, 0.3) is 0 Å². The average molecular weight is 553 g/mol. The van der Waals surface area contributed by atoms with E-state index < -0.39 is 41.6 Å². The van der Waals surface area contributed by atoms with E-state index in [2.05, 4.69) is 20.1 Å². The standard InChI is InChI=1S/C32H44N2O6/c1-4-7-9-14-21-39-31(38)26-25-17-18-32(40-25)27(26)29(36)34(24(22-35)23-15-11-10-12-16-23)28(32)30(37)33(19-6-3)20-13-8-5-2/h4,6,10-12,15-16,24-28,35H,1,3,5,7-9,13-14,17-22H2,2H3/t24-,25+,26-,27+,28?,32?/m1/s1. The highest BCUT2D eigenvalue weighted by Crippen LogP contribution is 2.60. The largest absolute Gasteiger partial charge is 0.465 e. The number of rotatable bonds is 16. The third kappa shape index (κ3) is 5.61. The molecular formula is C32H44N2O6. The van der Waals surface area contributed by atoms with E-state index in [-0.39, 0.29) is 25.0 Å². The highest BCUT2D eigenvalue weighted by atomic mass is 16.6. The fourth-order valence-electron chi connectivity index (χ4n) is 6.84. The number of hydrogen-bond donors (Lipinski definition) is 1. The van der Waals surface area contributed by atoms with Gasteiger partial charge in [-0.25, -0.2) is 0 Å². The van der Waals surface area contributed by atoms with Gasteiger partial charge in [-0.05, 0) is 44.1 Å². The van der Waals surface area contributed by atoms with Gasteiger partial charge in [-0.2, -0.15) is 0 Å². The van der Waals surface area contributed by atoms with Crippen molar-refractivity contribution in [3.05, 3.63) is 61.2 Å². The van der Waals surface area contributed by atoms with E-state index in [1.165, 1.54) is 4.90 Å². The number of aliphatic hydroxyl groups excluding tert-OH is 1. The van der Waals surface area contributed by atoms with E-state index in [1.54, 1.807) is 11.0 Å². The molecule has 1 aromatic carbocycles. The smallest absolute Gasteiger partial charge is 0.312 e. The van der Waals surface area contributed by atoms with Crippen molar-refractivity contribution < 1.29 is 29.0 Å². The zero-order valence-electron chi connectivity index (χ0n) is 23.7. The third-order valence-corrected chi connectivity index (χ3v) is 8.68. The molecule has 6 atom stereocenters. The SMILES string of the molecule is C=CCCCCOC(=O)[C@@H]1[C@@H]2CCC3(O2)C(C(=O)N(CC=C)CCCCC)N([C@H](CO)c2ccccc2)C(=O)[C@H]13. The lowest BCUT2D eigenvalue weighted by Gasteiger charge is -2.39. The molecule has 8 nitrogen and oxygen atoms in total. The molecule has 0 radical (unpaired) electrons. The second-order valence-corrected chi connectivity index (χ2v) is 11.1. The number of carbonyl (C=O) groups is 3. The van der Waals surface area contributed by atoms with E-state index in [0.717, 1.165) is 37.7 Å². The number of carbonyl (C=O) groups excluding carboxylic acids is 3. The van der Waals surface area contributed by atoms with Crippen molar-refractivity contribution in [2.45, 2.75) is 82.1 Å². The van der Waals surface area contributed by atoms with E-state index in [1.807, 2.05) is 36.4 Å². The second kappa shape index (κ2) is 13.6. The molecule has 218 valence electrons. The molecule has 40 heavy (non-hydrogen) atoms. The molecule has 8 heteroatoms. The number of amides is 2. The molecule has 3 aliphatic rings. The summed E-state index contributed by atoms with van der Waals surface area (Å²) in [5.41, 5.74) is -0.415. The minimum atomic E-state index is -1.14. The summed E-state index contributed by atoms with van der Waals surface area (Å²) >= 11 is 0. The Kier molecular flexibility index (Phi) is 10.2. The molecule has 0 aliphatic carbocycles. The number of aliphatic hydroxyl groups is 1. The summed E-state index contributed by atoms with van der Waals surface area (Å²) in [5, 5.41) is 10.6. The van der Waals surface area contributed by atoms with Crippen LogP contribution in [0.15, 0.2) is 55.6 Å². The lowest BCUT2D eigenvalue weighted by Crippen LogP contribution is -2.57. The van der Waals surface area contributed by atoms with Gasteiger partial charge in [0.15, 0.2) is 0 Å². The van der Waals surface area contributed by atoms with Crippen LogP contribution in [0, 0.1) is 11.8 Å². The second-order valence-electron chi connectivity index (χ2n) is 11.1. The van der Waals surface area contributed by atoms with Crippen molar-refractivity contribution in [1.82, 2.24) is 9.80 Å². The Hall–Kier alpha value is -2.97. The van der Waals surface area contributed by atoms with Crippen molar-refractivity contribution in [2.24, 2.45) is 11.8 Å². The molecule has 1 N–H and O–H groups in total. The highest BCUT2D eigenvalue weighted by molar-refractivity contribution is 5.98.